The lowest BCUT2D eigenvalue weighted by Gasteiger charge is -2.42. The molecule has 1 saturated heterocycles. The number of carboxylic acid groups (broad SMARTS) is 1. The second-order valence-corrected chi connectivity index (χ2v) is 6.16. The van der Waals surface area contributed by atoms with Crippen molar-refractivity contribution in [3.63, 3.8) is 0 Å². The molecule has 0 unspecified atom stereocenters. The van der Waals surface area contributed by atoms with E-state index in [0.29, 0.717) is 13.1 Å². The van der Waals surface area contributed by atoms with Crippen molar-refractivity contribution in [2.45, 2.75) is 38.8 Å². The number of urea groups is 1. The summed E-state index contributed by atoms with van der Waals surface area (Å²) in [6.07, 6.45) is -0.414. The molecule has 0 aromatic carbocycles. The molecule has 0 aromatic heterocycles. The van der Waals surface area contributed by atoms with E-state index < -0.39 is 30.4 Å². The molecule has 1 fully saturated rings. The van der Waals surface area contributed by atoms with Gasteiger partial charge >= 0.3 is 12.0 Å². The van der Waals surface area contributed by atoms with E-state index in [2.05, 4.69) is 31.0 Å². The largest absolute Gasteiger partial charge is 0.480 e. The lowest BCUT2D eigenvalue weighted by Crippen LogP contribution is -2.58. The molecule has 0 saturated carbocycles. The van der Waals surface area contributed by atoms with Crippen LogP contribution < -0.4 is 11.1 Å². The predicted octanol–water partition coefficient (Wildman–Crippen LogP) is -0.559. The fourth-order valence-corrected chi connectivity index (χ4v) is 2.22. The molecule has 3 amide bonds. The molecule has 0 aliphatic carbocycles. The maximum atomic E-state index is 12.0. The molecule has 8 nitrogen and oxygen atoms in total. The van der Waals surface area contributed by atoms with Gasteiger partial charge in [0.2, 0.25) is 5.91 Å². The molecule has 8 heteroatoms. The molecule has 0 radical (unpaired) electrons. The number of rotatable bonds is 4. The third kappa shape index (κ3) is 5.22. The third-order valence-corrected chi connectivity index (χ3v) is 3.52. The standard InChI is InChI=1S/C13H24N4O4/c1-13(2,3)17-6-4-16(5-7-17)12(21)15-9(11(19)20)8-10(14)18/h9H,4-8H2,1-3H3,(H2,14,18)(H,15,21)(H,19,20)/t9-/m1/s1. The fraction of sp³-hybridized carbons (Fsp3) is 0.769. The van der Waals surface area contributed by atoms with Gasteiger partial charge in [-0.15, -0.1) is 0 Å². The lowest BCUT2D eigenvalue weighted by atomic mass is 10.1. The molecule has 4 N–H and O–H groups in total. The Bertz CT molecular complexity index is 411. The Hall–Kier alpha value is -1.83. The number of hydrogen-bond acceptors (Lipinski definition) is 4. The van der Waals surface area contributed by atoms with Crippen LogP contribution >= 0.6 is 0 Å². The maximum Gasteiger partial charge on any atom is 0.326 e. The highest BCUT2D eigenvalue weighted by atomic mass is 16.4. The van der Waals surface area contributed by atoms with Crippen LogP contribution in [0.5, 0.6) is 0 Å². The van der Waals surface area contributed by atoms with Gasteiger partial charge in [-0.25, -0.2) is 9.59 Å². The van der Waals surface area contributed by atoms with Crippen LogP contribution in [-0.2, 0) is 9.59 Å². The van der Waals surface area contributed by atoms with Crippen LogP contribution in [0.3, 0.4) is 0 Å². The molecule has 21 heavy (non-hydrogen) atoms. The van der Waals surface area contributed by atoms with E-state index >= 15 is 0 Å². The molecule has 1 rings (SSSR count). The molecule has 0 spiro atoms. The minimum Gasteiger partial charge on any atom is -0.480 e. The Labute approximate surface area is 124 Å². The van der Waals surface area contributed by atoms with Crippen LogP contribution in [-0.4, -0.2) is 70.6 Å². The number of carbonyl (C=O) groups excluding carboxylic acids is 2. The van der Waals surface area contributed by atoms with Gasteiger partial charge < -0.3 is 21.1 Å². The number of primary amides is 1. The smallest absolute Gasteiger partial charge is 0.326 e. The Morgan fingerprint density at radius 1 is 1.19 bits per heavy atom. The zero-order chi connectivity index (χ0) is 16.2. The van der Waals surface area contributed by atoms with Gasteiger partial charge in [0, 0.05) is 31.7 Å². The van der Waals surface area contributed by atoms with Gasteiger partial charge in [-0.1, -0.05) is 0 Å². The van der Waals surface area contributed by atoms with Gasteiger partial charge in [-0.2, -0.15) is 0 Å². The van der Waals surface area contributed by atoms with Crippen molar-refractivity contribution < 1.29 is 19.5 Å². The van der Waals surface area contributed by atoms with Crippen molar-refractivity contribution in [2.24, 2.45) is 5.73 Å². The number of hydrogen-bond donors (Lipinski definition) is 3. The van der Waals surface area contributed by atoms with E-state index in [1.807, 2.05) is 0 Å². The van der Waals surface area contributed by atoms with Gasteiger partial charge in [-0.05, 0) is 20.8 Å². The SMILES string of the molecule is CC(C)(C)N1CCN(C(=O)N[C@H](CC(N)=O)C(=O)O)CC1. The summed E-state index contributed by atoms with van der Waals surface area (Å²) in [7, 11) is 0. The molecule has 120 valence electrons. The van der Waals surface area contributed by atoms with E-state index in [-0.39, 0.29) is 5.54 Å². The highest BCUT2D eigenvalue weighted by Crippen LogP contribution is 2.15. The summed E-state index contributed by atoms with van der Waals surface area (Å²) in [5.41, 5.74) is 5.02. The Morgan fingerprint density at radius 3 is 2.10 bits per heavy atom. The van der Waals surface area contributed by atoms with Crippen LogP contribution in [0.4, 0.5) is 4.79 Å². The number of aliphatic carboxylic acids is 1. The Kier molecular flexibility index (Phi) is 5.54. The number of nitrogens with one attached hydrogen (secondary N) is 1. The lowest BCUT2D eigenvalue weighted by molar-refractivity contribution is -0.141. The summed E-state index contributed by atoms with van der Waals surface area (Å²) >= 11 is 0. The number of carboxylic acids is 1. The second-order valence-electron chi connectivity index (χ2n) is 6.16. The van der Waals surface area contributed by atoms with Crippen molar-refractivity contribution in [3.8, 4) is 0 Å². The number of nitrogens with two attached hydrogens (primary N) is 1. The molecule has 0 bridgehead atoms. The Balaban J connectivity index is 2.53. The fourth-order valence-electron chi connectivity index (χ4n) is 2.22. The average molecular weight is 300 g/mol. The van der Waals surface area contributed by atoms with E-state index in [0.717, 1.165) is 13.1 Å². The van der Waals surface area contributed by atoms with E-state index in [4.69, 9.17) is 10.8 Å². The highest BCUT2D eigenvalue weighted by Gasteiger charge is 2.30. The molecule has 0 aromatic rings. The quantitative estimate of drug-likeness (QED) is 0.643. The molecule has 1 aliphatic rings. The summed E-state index contributed by atoms with van der Waals surface area (Å²) < 4.78 is 0. The first-order valence-electron chi connectivity index (χ1n) is 6.93. The van der Waals surface area contributed by atoms with E-state index in [1.165, 1.54) is 0 Å². The van der Waals surface area contributed by atoms with E-state index in [1.54, 1.807) is 4.90 Å². The normalized spacial score (nSPS) is 18.1. The van der Waals surface area contributed by atoms with Gasteiger partial charge in [0.1, 0.15) is 6.04 Å². The van der Waals surface area contributed by atoms with Crippen LogP contribution in [0, 0.1) is 0 Å². The molecule has 1 heterocycles. The molecular formula is C13H24N4O4. The summed E-state index contributed by atoms with van der Waals surface area (Å²) in [5, 5.41) is 11.3. The third-order valence-electron chi connectivity index (χ3n) is 3.52. The minimum atomic E-state index is -1.28. The highest BCUT2D eigenvalue weighted by molar-refractivity contribution is 5.87. The van der Waals surface area contributed by atoms with Gasteiger partial charge in [-0.3, -0.25) is 9.69 Å². The van der Waals surface area contributed by atoms with Gasteiger partial charge in [0.05, 0.1) is 6.42 Å². The number of piperazine rings is 1. The number of nitrogens with zero attached hydrogens (tertiary/aromatic N) is 2. The summed E-state index contributed by atoms with van der Waals surface area (Å²) in [6, 6.07) is -1.76. The minimum absolute atomic E-state index is 0.0398. The van der Waals surface area contributed by atoms with Crippen molar-refractivity contribution in [1.82, 2.24) is 15.1 Å². The van der Waals surface area contributed by atoms with Crippen molar-refractivity contribution in [3.05, 3.63) is 0 Å². The summed E-state index contributed by atoms with van der Waals surface area (Å²) in [6.45, 7) is 8.81. The van der Waals surface area contributed by atoms with Crippen LogP contribution in [0.15, 0.2) is 0 Å². The number of carbonyl (C=O) groups is 3. The zero-order valence-corrected chi connectivity index (χ0v) is 12.8. The predicted molar refractivity (Wildman–Crippen MR) is 76.7 cm³/mol. The number of amides is 3. The first-order chi connectivity index (χ1) is 9.61. The maximum absolute atomic E-state index is 12.0. The first kappa shape index (κ1) is 17.2. The molecular weight excluding hydrogens is 276 g/mol. The van der Waals surface area contributed by atoms with Crippen molar-refractivity contribution in [2.75, 3.05) is 26.2 Å². The second kappa shape index (κ2) is 6.75. The molecule has 1 atom stereocenters. The van der Waals surface area contributed by atoms with E-state index in [9.17, 15) is 14.4 Å². The Morgan fingerprint density at radius 2 is 1.71 bits per heavy atom. The summed E-state index contributed by atoms with van der Waals surface area (Å²) in [5.74, 6) is -2.03. The topological polar surface area (TPSA) is 116 Å². The first-order valence-corrected chi connectivity index (χ1v) is 6.93. The monoisotopic (exact) mass is 300 g/mol. The van der Waals surface area contributed by atoms with Crippen LogP contribution in [0.2, 0.25) is 0 Å². The van der Waals surface area contributed by atoms with Crippen molar-refractivity contribution in [1.29, 1.82) is 0 Å². The average Bonchev–Trinajstić information content (AvgIpc) is 2.36. The van der Waals surface area contributed by atoms with Gasteiger partial charge in [0.25, 0.3) is 0 Å². The van der Waals surface area contributed by atoms with Crippen LogP contribution in [0.25, 0.3) is 0 Å². The molecule has 1 aliphatic heterocycles. The van der Waals surface area contributed by atoms with Crippen molar-refractivity contribution >= 4 is 17.9 Å². The van der Waals surface area contributed by atoms with Crippen LogP contribution in [0.1, 0.15) is 27.2 Å². The van der Waals surface area contributed by atoms with Gasteiger partial charge in [0.15, 0.2) is 0 Å². The summed E-state index contributed by atoms with van der Waals surface area (Å²) in [4.78, 5) is 37.6. The zero-order valence-electron chi connectivity index (χ0n) is 12.8.